The third-order valence-electron chi connectivity index (χ3n) is 0. The van der Waals surface area contributed by atoms with Gasteiger partial charge in [-0.2, -0.15) is 0 Å². The Balaban J connectivity index is 0. The first-order chi connectivity index (χ1) is 0. The molecule has 0 nitrogen and oxygen atoms in total. The molecule has 0 saturated heterocycles. The molecule has 13 valence electrons. The standard InChI is InChI=1S/Al.Mg.Si.Zr. The second-order valence-corrected chi connectivity index (χ2v) is 0. The van der Waals surface area contributed by atoms with E-state index in [2.05, 4.69) is 0 Å². The van der Waals surface area contributed by atoms with Crippen LogP contribution in [-0.4, -0.2) is 51.4 Å². The Hall–Kier alpha value is 2.40. The summed E-state index contributed by atoms with van der Waals surface area (Å²) in [6, 6.07) is 0. The van der Waals surface area contributed by atoms with Gasteiger partial charge < -0.3 is 0 Å². The molecule has 0 spiro atoms. The van der Waals surface area contributed by atoms with E-state index < -0.39 is 0 Å². The number of rotatable bonds is 0. The molecule has 0 aliphatic carbocycles. The SMILES string of the molecule is [Al].[Mg].[Si].[Zr]. The quantitative estimate of drug-likeness (QED) is 0.403. The van der Waals surface area contributed by atoms with Gasteiger partial charge in [-0.15, -0.1) is 0 Å². The van der Waals surface area contributed by atoms with Crippen molar-refractivity contribution in [2.75, 3.05) is 0 Å². The molecule has 0 atom stereocenters. The zero-order valence-electron chi connectivity index (χ0n) is 2.28. The molecule has 0 bridgehead atoms. The van der Waals surface area contributed by atoms with Crippen LogP contribution in [0.1, 0.15) is 0 Å². The molecule has 0 amide bonds. The monoisotopic (exact) mass is 169 g/mol. The van der Waals surface area contributed by atoms with Crippen LogP contribution < -0.4 is 0 Å². The molecule has 0 saturated carbocycles. The second kappa shape index (κ2) is 18.2. The predicted molar refractivity (Wildman–Crippen MR) is 17.3 cm³/mol. The normalized spacial score (nSPS) is 0. The van der Waals surface area contributed by atoms with Crippen LogP contribution in [0.3, 0.4) is 0 Å². The van der Waals surface area contributed by atoms with Crippen molar-refractivity contribution in [3.63, 3.8) is 0 Å². The first-order valence-corrected chi connectivity index (χ1v) is 0. The molecule has 0 fully saturated rings. The van der Waals surface area contributed by atoms with E-state index in [1.165, 1.54) is 0 Å². The van der Waals surface area contributed by atoms with Gasteiger partial charge in [0.1, 0.15) is 0 Å². The molecule has 0 aromatic heterocycles. The van der Waals surface area contributed by atoms with E-state index in [9.17, 15) is 0 Å². The van der Waals surface area contributed by atoms with E-state index in [1.54, 1.807) is 0 Å². The molecule has 0 N–H and O–H groups in total. The molecule has 0 aliphatic heterocycles. The Bertz CT molecular complexity index is 8.00. The zero-order chi connectivity index (χ0) is 0. The first-order valence-electron chi connectivity index (χ1n) is 0. The summed E-state index contributed by atoms with van der Waals surface area (Å²) >= 11 is 0. The van der Waals surface area contributed by atoms with Crippen molar-refractivity contribution in [3.05, 3.63) is 0 Å². The van der Waals surface area contributed by atoms with Crippen LogP contribution >= 0.6 is 0 Å². The summed E-state index contributed by atoms with van der Waals surface area (Å²) in [7, 11) is 0. The average molecular weight is 171 g/mol. The van der Waals surface area contributed by atoms with Gasteiger partial charge in [-0.3, -0.25) is 0 Å². The Morgan fingerprint density at radius 2 is 1.00 bits per heavy atom. The molecule has 0 aromatic carbocycles. The fourth-order valence-corrected chi connectivity index (χ4v) is 0. The molecule has 4 heavy (non-hydrogen) atoms. The van der Waals surface area contributed by atoms with Crippen LogP contribution in [0.25, 0.3) is 0 Å². The van der Waals surface area contributed by atoms with Crippen molar-refractivity contribution in [2.45, 2.75) is 0 Å². The predicted octanol–water partition coefficient (Wildman–Crippen LogP) is -1.14. The van der Waals surface area contributed by atoms with Gasteiger partial charge in [-0.1, -0.05) is 0 Å². The summed E-state index contributed by atoms with van der Waals surface area (Å²) in [5.41, 5.74) is 0. The Kier molecular flexibility index (Phi) is 147. The maximum absolute atomic E-state index is 0. The van der Waals surface area contributed by atoms with Crippen LogP contribution in [0.2, 0.25) is 0 Å². The van der Waals surface area contributed by atoms with Gasteiger partial charge in [0.25, 0.3) is 0 Å². The fourth-order valence-electron chi connectivity index (χ4n) is 0. The maximum Gasteiger partial charge on any atom is 0 e. The van der Waals surface area contributed by atoms with E-state index in [0.717, 1.165) is 0 Å². The summed E-state index contributed by atoms with van der Waals surface area (Å²) in [5, 5.41) is 0. The topological polar surface area (TPSA) is 0 Å². The maximum atomic E-state index is 0. The van der Waals surface area contributed by atoms with Crippen molar-refractivity contribution >= 4 is 51.4 Å². The Labute approximate surface area is 76.5 Å². The summed E-state index contributed by atoms with van der Waals surface area (Å²) < 4.78 is 0. The van der Waals surface area contributed by atoms with Crippen molar-refractivity contribution in [2.24, 2.45) is 0 Å². The minimum atomic E-state index is 0. The molecular weight excluding hydrogens is 171 g/mol. The summed E-state index contributed by atoms with van der Waals surface area (Å²) in [5.74, 6) is 0. The summed E-state index contributed by atoms with van der Waals surface area (Å²) in [6.07, 6.45) is 0. The largest absolute Gasteiger partial charge is 0 e. The third kappa shape index (κ3) is 8.83. The van der Waals surface area contributed by atoms with Gasteiger partial charge in [0.05, 0.1) is 0 Å². The molecule has 0 aromatic rings. The van der Waals surface area contributed by atoms with Crippen LogP contribution in [0.5, 0.6) is 0 Å². The Morgan fingerprint density at radius 3 is 1.00 bits per heavy atom. The number of hydrogen-bond acceptors (Lipinski definition) is 0. The van der Waals surface area contributed by atoms with E-state index in [0.29, 0.717) is 0 Å². The first kappa shape index (κ1) is 32.4. The van der Waals surface area contributed by atoms with Crippen molar-refractivity contribution in [1.29, 1.82) is 0 Å². The minimum Gasteiger partial charge on any atom is 0 e. The van der Waals surface area contributed by atoms with E-state index in [-0.39, 0.29) is 77.6 Å². The molecule has 0 rings (SSSR count). The molecule has 4 heteroatoms. The molecule has 9 radical (unpaired) electrons. The van der Waals surface area contributed by atoms with Gasteiger partial charge in [0.15, 0.2) is 0 Å². The molecule has 0 heterocycles. The van der Waals surface area contributed by atoms with E-state index in [4.69, 9.17) is 0 Å². The van der Waals surface area contributed by atoms with Crippen molar-refractivity contribution in [3.8, 4) is 0 Å². The molecule has 0 aliphatic rings. The van der Waals surface area contributed by atoms with Gasteiger partial charge in [-0.05, 0) is 0 Å². The van der Waals surface area contributed by atoms with Gasteiger partial charge >= 0.3 is 0 Å². The van der Waals surface area contributed by atoms with Crippen LogP contribution in [-0.2, 0) is 26.2 Å². The molecular formula is AlMgSiZr. The van der Waals surface area contributed by atoms with Gasteiger partial charge in [0.2, 0.25) is 0 Å². The van der Waals surface area contributed by atoms with E-state index >= 15 is 0 Å². The third-order valence-corrected chi connectivity index (χ3v) is 0. The smallest absolute Gasteiger partial charge is 0 e. The summed E-state index contributed by atoms with van der Waals surface area (Å²) in [6.45, 7) is 0. The number of hydrogen-bond donors (Lipinski definition) is 0. The molecule has 0 unspecified atom stereocenters. The summed E-state index contributed by atoms with van der Waals surface area (Å²) in [4.78, 5) is 0. The van der Waals surface area contributed by atoms with E-state index in [1.807, 2.05) is 0 Å². The zero-order valence-corrected chi connectivity index (χ0v) is 8.31. The minimum absolute atomic E-state index is 0. The fraction of sp³-hybridized carbons (Fsp3) is 0. The van der Waals surface area contributed by atoms with Gasteiger partial charge in [0, 0.05) is 77.6 Å². The van der Waals surface area contributed by atoms with Crippen LogP contribution in [0, 0.1) is 0 Å². The average Bonchev–Trinajstić information content (AvgIpc) is 0. The van der Waals surface area contributed by atoms with Crippen LogP contribution in [0.15, 0.2) is 0 Å². The van der Waals surface area contributed by atoms with Crippen molar-refractivity contribution in [1.82, 2.24) is 0 Å². The van der Waals surface area contributed by atoms with Crippen LogP contribution in [0.4, 0.5) is 0 Å². The second-order valence-electron chi connectivity index (χ2n) is 0. The van der Waals surface area contributed by atoms with Gasteiger partial charge in [-0.25, -0.2) is 0 Å². The van der Waals surface area contributed by atoms with Crippen molar-refractivity contribution < 1.29 is 26.2 Å². The Morgan fingerprint density at radius 1 is 1.00 bits per heavy atom.